The molecule has 1 rings (SSSR count). The van der Waals surface area contributed by atoms with E-state index in [0.29, 0.717) is 12.0 Å². The highest BCUT2D eigenvalue weighted by molar-refractivity contribution is 14.1. The van der Waals surface area contributed by atoms with Gasteiger partial charge in [-0.15, -0.1) is 0 Å². The van der Waals surface area contributed by atoms with Crippen molar-refractivity contribution in [1.29, 1.82) is 0 Å². The zero-order valence-corrected chi connectivity index (χ0v) is 7.02. The molecule has 0 saturated heterocycles. The van der Waals surface area contributed by atoms with Gasteiger partial charge in [-0.2, -0.15) is 0 Å². The summed E-state index contributed by atoms with van der Waals surface area (Å²) in [4.78, 5) is 0. The molecule has 8 heavy (non-hydrogen) atoms. The fourth-order valence-corrected chi connectivity index (χ4v) is 2.01. The fourth-order valence-electron chi connectivity index (χ4n) is 1.01. The second-order valence-electron chi connectivity index (χ2n) is 2.65. The van der Waals surface area contributed by atoms with Crippen LogP contribution in [0.2, 0.25) is 0 Å². The van der Waals surface area contributed by atoms with Crippen LogP contribution >= 0.6 is 22.6 Å². The Hall–Kier alpha value is 0.690. The minimum absolute atomic E-state index is 0.348. The van der Waals surface area contributed by atoms with E-state index in [1.807, 2.05) is 0 Å². The Labute approximate surface area is 63.6 Å². The van der Waals surface area contributed by atoms with Gasteiger partial charge in [-0.1, -0.05) is 29.0 Å². The minimum atomic E-state index is 0.348. The molecule has 0 aromatic rings. The molecule has 1 aliphatic carbocycles. The van der Waals surface area contributed by atoms with Crippen molar-refractivity contribution in [2.24, 2.45) is 5.41 Å². The van der Waals surface area contributed by atoms with Gasteiger partial charge in [0.05, 0.1) is 0 Å². The lowest BCUT2D eigenvalue weighted by atomic mass is 9.71. The monoisotopic (exact) mass is 226 g/mol. The van der Waals surface area contributed by atoms with Crippen molar-refractivity contribution < 1.29 is 5.11 Å². The van der Waals surface area contributed by atoms with Gasteiger partial charge in [0, 0.05) is 16.4 Å². The molecule has 0 atom stereocenters. The molecule has 2 heteroatoms. The van der Waals surface area contributed by atoms with E-state index >= 15 is 0 Å². The first-order valence-corrected chi connectivity index (χ1v) is 4.52. The van der Waals surface area contributed by atoms with Crippen LogP contribution in [-0.4, -0.2) is 16.1 Å². The predicted molar refractivity (Wildman–Crippen MR) is 42.3 cm³/mol. The summed E-state index contributed by atoms with van der Waals surface area (Å²) in [6, 6.07) is 0. The number of hydrogen-bond donors (Lipinski definition) is 1. The predicted octanol–water partition coefficient (Wildman–Crippen LogP) is 1.58. The van der Waals surface area contributed by atoms with Gasteiger partial charge >= 0.3 is 0 Å². The van der Waals surface area contributed by atoms with Gasteiger partial charge in [-0.25, -0.2) is 0 Å². The Balaban J connectivity index is 2.33. The summed E-state index contributed by atoms with van der Waals surface area (Å²) in [7, 11) is 0. The summed E-state index contributed by atoms with van der Waals surface area (Å²) in [6.07, 6.45) is 3.81. The lowest BCUT2D eigenvalue weighted by molar-refractivity contribution is 0.0714. The number of aliphatic hydroxyl groups excluding tert-OH is 1. The largest absolute Gasteiger partial charge is 0.396 e. The first-order valence-electron chi connectivity index (χ1n) is 3.00. The smallest absolute Gasteiger partial charge is 0.0494 e. The molecule has 1 saturated carbocycles. The Kier molecular flexibility index (Phi) is 2.14. The topological polar surface area (TPSA) is 20.2 Å². The molecule has 0 aliphatic heterocycles. The molecular weight excluding hydrogens is 215 g/mol. The lowest BCUT2D eigenvalue weighted by Crippen LogP contribution is -2.34. The van der Waals surface area contributed by atoms with Gasteiger partial charge in [0.2, 0.25) is 0 Å². The van der Waals surface area contributed by atoms with Gasteiger partial charge in [0.25, 0.3) is 0 Å². The molecule has 0 unspecified atom stereocenters. The van der Waals surface area contributed by atoms with E-state index in [1.165, 1.54) is 19.3 Å². The molecule has 1 nitrogen and oxygen atoms in total. The van der Waals surface area contributed by atoms with Gasteiger partial charge < -0.3 is 5.11 Å². The molecule has 0 spiro atoms. The average molecular weight is 226 g/mol. The highest BCUT2D eigenvalue weighted by Crippen LogP contribution is 2.41. The van der Waals surface area contributed by atoms with Crippen molar-refractivity contribution in [3.05, 3.63) is 0 Å². The summed E-state index contributed by atoms with van der Waals surface area (Å²) in [5, 5.41) is 8.83. The maximum Gasteiger partial charge on any atom is 0.0494 e. The van der Waals surface area contributed by atoms with E-state index in [-0.39, 0.29) is 0 Å². The molecule has 48 valence electrons. The van der Waals surface area contributed by atoms with E-state index in [0.717, 1.165) is 4.43 Å². The third-order valence-corrected chi connectivity index (χ3v) is 3.65. The lowest BCUT2D eigenvalue weighted by Gasteiger charge is -2.38. The first-order chi connectivity index (χ1) is 3.83. The summed E-state index contributed by atoms with van der Waals surface area (Å²) in [5.74, 6) is 0. The van der Waals surface area contributed by atoms with Crippen molar-refractivity contribution in [3.63, 3.8) is 0 Å². The average Bonchev–Trinajstić information content (AvgIpc) is 1.67. The van der Waals surface area contributed by atoms with Crippen LogP contribution in [-0.2, 0) is 0 Å². The van der Waals surface area contributed by atoms with Crippen LogP contribution < -0.4 is 0 Å². The number of alkyl halides is 1. The first kappa shape index (κ1) is 6.81. The minimum Gasteiger partial charge on any atom is -0.396 e. The molecule has 0 heterocycles. The summed E-state index contributed by atoms with van der Waals surface area (Å²) < 4.78 is 1.13. The van der Waals surface area contributed by atoms with E-state index in [2.05, 4.69) is 22.6 Å². The van der Waals surface area contributed by atoms with Crippen LogP contribution in [0.15, 0.2) is 0 Å². The maximum atomic E-state index is 8.83. The quantitative estimate of drug-likeness (QED) is 0.559. The Morgan fingerprint density at radius 3 is 2.12 bits per heavy atom. The standard InChI is InChI=1S/C6H11IO/c7-4-6(5-8)2-1-3-6/h8H,1-5H2. The van der Waals surface area contributed by atoms with Crippen molar-refractivity contribution in [2.75, 3.05) is 11.0 Å². The van der Waals surface area contributed by atoms with Crippen LogP contribution in [0.1, 0.15) is 19.3 Å². The maximum absolute atomic E-state index is 8.83. The fraction of sp³-hybridized carbons (Fsp3) is 1.00. The van der Waals surface area contributed by atoms with Crippen LogP contribution in [0.4, 0.5) is 0 Å². The van der Waals surface area contributed by atoms with Crippen molar-refractivity contribution >= 4 is 22.6 Å². The van der Waals surface area contributed by atoms with E-state index < -0.39 is 0 Å². The highest BCUT2D eigenvalue weighted by Gasteiger charge is 2.34. The molecule has 0 amide bonds. The van der Waals surface area contributed by atoms with E-state index in [9.17, 15) is 0 Å². The number of hydrogen-bond acceptors (Lipinski definition) is 1. The third-order valence-electron chi connectivity index (χ3n) is 2.03. The molecule has 1 fully saturated rings. The number of aliphatic hydroxyl groups is 1. The Morgan fingerprint density at radius 1 is 1.50 bits per heavy atom. The Bertz CT molecular complexity index is 65.1. The second kappa shape index (κ2) is 2.52. The molecule has 0 aromatic heterocycles. The van der Waals surface area contributed by atoms with Gasteiger partial charge in [0.1, 0.15) is 0 Å². The third kappa shape index (κ3) is 1.00. The van der Waals surface area contributed by atoms with Crippen molar-refractivity contribution in [2.45, 2.75) is 19.3 Å². The summed E-state index contributed by atoms with van der Waals surface area (Å²) in [6.45, 7) is 0.399. The van der Waals surface area contributed by atoms with Crippen LogP contribution in [0.3, 0.4) is 0 Å². The molecule has 0 bridgehead atoms. The van der Waals surface area contributed by atoms with Crippen LogP contribution in [0.25, 0.3) is 0 Å². The molecule has 0 aromatic carbocycles. The number of halogens is 1. The Morgan fingerprint density at radius 2 is 2.12 bits per heavy atom. The van der Waals surface area contributed by atoms with Gasteiger partial charge in [-0.05, 0) is 12.8 Å². The molecule has 1 aliphatic rings. The highest BCUT2D eigenvalue weighted by atomic mass is 127. The van der Waals surface area contributed by atoms with Crippen LogP contribution in [0.5, 0.6) is 0 Å². The van der Waals surface area contributed by atoms with Crippen LogP contribution in [0, 0.1) is 5.41 Å². The van der Waals surface area contributed by atoms with Crippen molar-refractivity contribution in [3.8, 4) is 0 Å². The van der Waals surface area contributed by atoms with Crippen molar-refractivity contribution in [1.82, 2.24) is 0 Å². The van der Waals surface area contributed by atoms with Gasteiger partial charge in [-0.3, -0.25) is 0 Å². The summed E-state index contributed by atoms with van der Waals surface area (Å²) >= 11 is 2.36. The van der Waals surface area contributed by atoms with E-state index in [1.54, 1.807) is 0 Å². The zero-order chi connectivity index (χ0) is 6.04. The molecular formula is C6H11IO. The summed E-state index contributed by atoms with van der Waals surface area (Å²) in [5.41, 5.74) is 0.348. The SMILES string of the molecule is OCC1(CI)CCC1. The zero-order valence-electron chi connectivity index (χ0n) is 4.86. The normalized spacial score (nSPS) is 24.8. The second-order valence-corrected chi connectivity index (χ2v) is 3.41. The molecule has 1 N–H and O–H groups in total. The van der Waals surface area contributed by atoms with Gasteiger partial charge in [0.15, 0.2) is 0 Å². The molecule has 0 radical (unpaired) electrons. The number of rotatable bonds is 2. The van der Waals surface area contributed by atoms with E-state index in [4.69, 9.17) is 5.11 Å².